The Morgan fingerprint density at radius 3 is 2.23 bits per heavy atom. The Hall–Kier alpha value is -4.59. The number of nitrogens with one attached hydrogen (secondary N) is 1. The van der Waals surface area contributed by atoms with Crippen molar-refractivity contribution in [1.29, 1.82) is 10.5 Å². The van der Waals surface area contributed by atoms with Gasteiger partial charge in [-0.3, -0.25) is 4.79 Å². The number of allylic oxidation sites excluding steroid dienone is 1. The van der Waals surface area contributed by atoms with Crippen LogP contribution in [0, 0.1) is 22.7 Å². The smallest absolute Gasteiger partial charge is 0.408 e. The number of carbonyl (C=O) groups is 2. The van der Waals surface area contributed by atoms with Gasteiger partial charge in [0.05, 0.1) is 12.2 Å². The number of nitriles is 2. The highest BCUT2D eigenvalue weighted by atomic mass is 35.5. The summed E-state index contributed by atoms with van der Waals surface area (Å²) in [6.07, 6.45) is -1.01. The summed E-state index contributed by atoms with van der Waals surface area (Å²) in [4.78, 5) is 29.3. The average molecular weight is 539 g/mol. The lowest BCUT2D eigenvalue weighted by Crippen LogP contribution is -2.54. The first-order chi connectivity index (χ1) is 18.6. The van der Waals surface area contributed by atoms with Gasteiger partial charge in [-0.2, -0.15) is 10.5 Å². The van der Waals surface area contributed by atoms with Crippen molar-refractivity contribution in [1.82, 2.24) is 5.32 Å². The molecule has 8 heteroatoms. The zero-order valence-corrected chi connectivity index (χ0v) is 22.6. The van der Waals surface area contributed by atoms with Gasteiger partial charge in [0, 0.05) is 17.0 Å². The van der Waals surface area contributed by atoms with Crippen LogP contribution in [0.5, 0.6) is 0 Å². The van der Waals surface area contributed by atoms with Crippen molar-refractivity contribution in [2.24, 2.45) is 0 Å². The molecule has 3 aromatic carbocycles. The van der Waals surface area contributed by atoms with Crippen molar-refractivity contribution in [2.45, 2.75) is 44.9 Å². The Kier molecular flexibility index (Phi) is 7.76. The number of carbonyl (C=O) groups excluding carboxylic acids is 2. The van der Waals surface area contributed by atoms with Crippen LogP contribution < -0.4 is 10.2 Å². The van der Waals surface area contributed by atoms with Crippen molar-refractivity contribution < 1.29 is 14.3 Å². The number of amides is 2. The van der Waals surface area contributed by atoms with Gasteiger partial charge in [0.15, 0.2) is 5.54 Å². The van der Waals surface area contributed by atoms with Gasteiger partial charge in [-0.05, 0) is 49.6 Å². The van der Waals surface area contributed by atoms with Crippen molar-refractivity contribution in [2.75, 3.05) is 4.90 Å². The van der Waals surface area contributed by atoms with Crippen LogP contribution in [-0.2, 0) is 21.6 Å². The number of hydrogen-bond donors (Lipinski definition) is 1. The highest BCUT2D eigenvalue weighted by Crippen LogP contribution is 2.47. The van der Waals surface area contributed by atoms with Crippen LogP contribution in [0.15, 0.2) is 84.4 Å². The van der Waals surface area contributed by atoms with E-state index in [-0.39, 0.29) is 24.1 Å². The second kappa shape index (κ2) is 11.0. The van der Waals surface area contributed by atoms with E-state index in [1.165, 1.54) is 0 Å². The Morgan fingerprint density at radius 1 is 0.974 bits per heavy atom. The maximum Gasteiger partial charge on any atom is 0.408 e. The molecular weight excluding hydrogens is 512 g/mol. The fraction of sp³-hybridized carbons (Fsp3) is 0.226. The molecule has 4 rings (SSSR count). The predicted octanol–water partition coefficient (Wildman–Crippen LogP) is 6.50. The normalized spacial score (nSPS) is 16.1. The number of halogens is 1. The molecule has 3 aromatic rings. The Balaban J connectivity index is 1.93. The molecular formula is C31H27ClN4O3. The summed E-state index contributed by atoms with van der Waals surface area (Å²) in [5.74, 6) is -0.418. The van der Waals surface area contributed by atoms with Crippen molar-refractivity contribution in [3.05, 3.63) is 106 Å². The SMILES string of the molecule is CC(C)(C)OC(=O)N[C@@]1(CC(=C(C#N)C#N)c2ccccc2Cl)C(=O)N(Cc2ccccc2)c2ccccc21. The lowest BCUT2D eigenvalue weighted by Gasteiger charge is -2.32. The molecule has 1 heterocycles. The number of para-hydroxylation sites is 1. The molecule has 0 radical (unpaired) electrons. The Bertz CT molecular complexity index is 1510. The number of rotatable bonds is 6. The zero-order chi connectivity index (χ0) is 28.2. The summed E-state index contributed by atoms with van der Waals surface area (Å²) in [5, 5.41) is 22.9. The lowest BCUT2D eigenvalue weighted by atomic mass is 9.81. The van der Waals surface area contributed by atoms with Gasteiger partial charge in [-0.15, -0.1) is 0 Å². The van der Waals surface area contributed by atoms with Gasteiger partial charge in [-0.25, -0.2) is 4.79 Å². The van der Waals surface area contributed by atoms with E-state index in [4.69, 9.17) is 16.3 Å². The Labute approximate surface area is 232 Å². The molecule has 1 atom stereocenters. The first kappa shape index (κ1) is 27.4. The fourth-order valence-electron chi connectivity index (χ4n) is 4.71. The van der Waals surface area contributed by atoms with Gasteiger partial charge in [0.25, 0.3) is 5.91 Å². The van der Waals surface area contributed by atoms with E-state index >= 15 is 0 Å². The highest BCUT2D eigenvalue weighted by molar-refractivity contribution is 6.32. The monoisotopic (exact) mass is 538 g/mol. The molecule has 0 aromatic heterocycles. The maximum absolute atomic E-state index is 14.5. The summed E-state index contributed by atoms with van der Waals surface area (Å²) in [7, 11) is 0. The molecule has 1 N–H and O–H groups in total. The molecule has 196 valence electrons. The van der Waals surface area contributed by atoms with Crippen molar-refractivity contribution in [3.63, 3.8) is 0 Å². The van der Waals surface area contributed by atoms with Gasteiger partial charge in [0.1, 0.15) is 23.3 Å². The number of fused-ring (bicyclic) bond motifs is 1. The van der Waals surface area contributed by atoms with Crippen LogP contribution in [0.2, 0.25) is 5.02 Å². The van der Waals surface area contributed by atoms with E-state index in [0.717, 1.165) is 5.56 Å². The van der Waals surface area contributed by atoms with E-state index in [9.17, 15) is 20.1 Å². The second-order valence-electron chi connectivity index (χ2n) is 10.2. The fourth-order valence-corrected chi connectivity index (χ4v) is 4.96. The van der Waals surface area contributed by atoms with Gasteiger partial charge in [0.2, 0.25) is 0 Å². The van der Waals surface area contributed by atoms with E-state index in [0.29, 0.717) is 21.8 Å². The third-order valence-corrected chi connectivity index (χ3v) is 6.66. The molecule has 39 heavy (non-hydrogen) atoms. The quantitative estimate of drug-likeness (QED) is 0.361. The van der Waals surface area contributed by atoms with Crippen molar-refractivity contribution >= 4 is 34.9 Å². The molecule has 7 nitrogen and oxygen atoms in total. The summed E-state index contributed by atoms with van der Waals surface area (Å²) in [6, 6.07) is 27.3. The molecule has 0 unspecified atom stereocenters. The second-order valence-corrected chi connectivity index (χ2v) is 10.6. The van der Waals surface area contributed by atoms with E-state index in [2.05, 4.69) is 5.32 Å². The van der Waals surface area contributed by atoms with Crippen LogP contribution >= 0.6 is 11.6 Å². The summed E-state index contributed by atoms with van der Waals surface area (Å²) in [5.41, 5.74) is -0.0252. The molecule has 1 aliphatic heterocycles. The minimum Gasteiger partial charge on any atom is -0.444 e. The van der Waals surface area contributed by atoms with Crippen LogP contribution in [0.4, 0.5) is 10.5 Å². The standard InChI is InChI=1S/C31H27ClN4O3/c1-30(2,3)39-29(38)35-31(17-24(22(18-33)19-34)23-13-7-9-15-26(23)32)25-14-8-10-16-27(25)36(28(31)37)20-21-11-5-4-6-12-21/h4-16H,17,20H2,1-3H3,(H,35,38)/t31-/m1/s1. The third kappa shape index (κ3) is 5.65. The minimum absolute atomic E-state index is 0.201. The van der Waals surface area contributed by atoms with E-state index in [1.807, 2.05) is 54.6 Å². The first-order valence-electron chi connectivity index (χ1n) is 12.3. The first-order valence-corrected chi connectivity index (χ1v) is 12.7. The summed E-state index contributed by atoms with van der Waals surface area (Å²) >= 11 is 6.51. The molecule has 2 amide bonds. The lowest BCUT2D eigenvalue weighted by molar-refractivity contribution is -0.124. The molecule has 1 aliphatic rings. The third-order valence-electron chi connectivity index (χ3n) is 6.33. The van der Waals surface area contributed by atoms with Crippen LogP contribution in [0.1, 0.15) is 43.9 Å². The molecule has 0 fully saturated rings. The molecule has 0 spiro atoms. The van der Waals surface area contributed by atoms with E-state index < -0.39 is 23.1 Å². The Morgan fingerprint density at radius 2 is 1.59 bits per heavy atom. The van der Waals surface area contributed by atoms with Crippen LogP contribution in [0.25, 0.3) is 5.57 Å². The topological polar surface area (TPSA) is 106 Å². The molecule has 0 bridgehead atoms. The average Bonchev–Trinajstić information content (AvgIpc) is 3.11. The van der Waals surface area contributed by atoms with Crippen LogP contribution in [-0.4, -0.2) is 17.6 Å². The summed E-state index contributed by atoms with van der Waals surface area (Å²) < 4.78 is 5.57. The number of hydrogen-bond acceptors (Lipinski definition) is 5. The maximum atomic E-state index is 14.5. The molecule has 0 saturated carbocycles. The number of alkyl carbamates (subject to hydrolysis) is 1. The number of nitrogens with zero attached hydrogens (tertiary/aromatic N) is 3. The van der Waals surface area contributed by atoms with Gasteiger partial charge >= 0.3 is 6.09 Å². The largest absolute Gasteiger partial charge is 0.444 e. The minimum atomic E-state index is -1.68. The molecule has 0 aliphatic carbocycles. The number of benzene rings is 3. The molecule has 0 saturated heterocycles. The predicted molar refractivity (Wildman–Crippen MR) is 149 cm³/mol. The van der Waals surface area contributed by atoms with Crippen LogP contribution in [0.3, 0.4) is 0 Å². The number of anilines is 1. The van der Waals surface area contributed by atoms with Gasteiger partial charge < -0.3 is 15.0 Å². The van der Waals surface area contributed by atoms with Crippen molar-refractivity contribution in [3.8, 4) is 12.1 Å². The van der Waals surface area contributed by atoms with E-state index in [1.54, 1.807) is 62.1 Å². The highest BCUT2D eigenvalue weighted by Gasteiger charge is 2.53. The zero-order valence-electron chi connectivity index (χ0n) is 21.9. The van der Waals surface area contributed by atoms with Gasteiger partial charge in [-0.1, -0.05) is 78.3 Å². The number of ether oxygens (including phenoxy) is 1. The summed E-state index contributed by atoms with van der Waals surface area (Å²) in [6.45, 7) is 5.43.